The largest absolute Gasteiger partial charge is 0.370 e. The Balaban J connectivity index is 2.39. The van der Waals surface area contributed by atoms with Crippen molar-refractivity contribution in [2.45, 2.75) is 12.8 Å². The lowest BCUT2D eigenvalue weighted by molar-refractivity contribution is 0.511. The van der Waals surface area contributed by atoms with Gasteiger partial charge in [0.05, 0.1) is 6.54 Å². The maximum Gasteiger partial charge on any atom is 0.191 e. The predicted octanol–water partition coefficient (Wildman–Crippen LogP) is 1.31. The fourth-order valence-electron chi connectivity index (χ4n) is 1.21. The van der Waals surface area contributed by atoms with Crippen molar-refractivity contribution in [1.29, 1.82) is 0 Å². The molecule has 2 N–H and O–H groups in total. The van der Waals surface area contributed by atoms with Crippen LogP contribution in [-0.4, -0.2) is 30.5 Å². The first-order valence-electron chi connectivity index (χ1n) is 4.08. The highest BCUT2D eigenvalue weighted by atomic mass is 79.9. The molecule has 0 aromatic rings. The normalized spacial score (nSPS) is 18.4. The quantitative estimate of drug-likeness (QED) is 0.576. The lowest BCUT2D eigenvalue weighted by Crippen LogP contribution is -2.34. The predicted molar refractivity (Wildman–Crippen MR) is 55.4 cm³/mol. The van der Waals surface area contributed by atoms with Crippen LogP contribution in [-0.2, 0) is 0 Å². The van der Waals surface area contributed by atoms with Gasteiger partial charge in [0.1, 0.15) is 0 Å². The molecule has 0 atom stereocenters. The zero-order chi connectivity index (χ0) is 8.97. The summed E-state index contributed by atoms with van der Waals surface area (Å²) in [6.45, 7) is 6.35. The minimum absolute atomic E-state index is 0.572. The van der Waals surface area contributed by atoms with Crippen LogP contribution in [0.15, 0.2) is 16.1 Å². The van der Waals surface area contributed by atoms with E-state index < -0.39 is 0 Å². The highest BCUT2D eigenvalue weighted by Crippen LogP contribution is 2.07. The van der Waals surface area contributed by atoms with Crippen LogP contribution >= 0.6 is 15.9 Å². The van der Waals surface area contributed by atoms with Crippen molar-refractivity contribution < 1.29 is 0 Å². The molecule has 4 heteroatoms. The smallest absolute Gasteiger partial charge is 0.191 e. The molecule has 0 bridgehead atoms. The minimum atomic E-state index is 0.572. The first-order chi connectivity index (χ1) is 5.70. The lowest BCUT2D eigenvalue weighted by Gasteiger charge is -2.15. The Hall–Kier alpha value is -0.510. The van der Waals surface area contributed by atoms with Crippen molar-refractivity contribution in [3.05, 3.63) is 11.1 Å². The Kier molecular flexibility index (Phi) is 3.59. The zero-order valence-corrected chi connectivity index (χ0v) is 8.68. The molecule has 1 fully saturated rings. The SMILES string of the molecule is C=C(Br)CN=C(N)N1CCCC1. The van der Waals surface area contributed by atoms with Crippen molar-refractivity contribution in [3.63, 3.8) is 0 Å². The number of aliphatic imine (C=N–C) groups is 1. The number of hydrogen-bond acceptors (Lipinski definition) is 1. The molecule has 0 aliphatic carbocycles. The monoisotopic (exact) mass is 231 g/mol. The van der Waals surface area contributed by atoms with E-state index in [-0.39, 0.29) is 0 Å². The van der Waals surface area contributed by atoms with Crippen molar-refractivity contribution in [1.82, 2.24) is 4.90 Å². The number of halogens is 1. The van der Waals surface area contributed by atoms with Crippen LogP contribution < -0.4 is 5.73 Å². The van der Waals surface area contributed by atoms with Crippen LogP contribution in [0.25, 0.3) is 0 Å². The Morgan fingerprint density at radius 2 is 2.08 bits per heavy atom. The maximum atomic E-state index is 5.74. The molecule has 12 heavy (non-hydrogen) atoms. The van der Waals surface area contributed by atoms with Crippen molar-refractivity contribution in [2.75, 3.05) is 19.6 Å². The van der Waals surface area contributed by atoms with Crippen molar-refractivity contribution >= 4 is 21.9 Å². The minimum Gasteiger partial charge on any atom is -0.370 e. The second-order valence-electron chi connectivity index (χ2n) is 2.89. The van der Waals surface area contributed by atoms with E-state index in [4.69, 9.17) is 5.73 Å². The van der Waals surface area contributed by atoms with E-state index in [1.165, 1.54) is 12.8 Å². The summed E-state index contributed by atoms with van der Waals surface area (Å²) < 4.78 is 0.865. The first-order valence-corrected chi connectivity index (χ1v) is 4.87. The molecule has 68 valence electrons. The summed E-state index contributed by atoms with van der Waals surface area (Å²) in [5.41, 5.74) is 5.74. The summed E-state index contributed by atoms with van der Waals surface area (Å²) in [7, 11) is 0. The lowest BCUT2D eigenvalue weighted by atomic mass is 10.4. The van der Waals surface area contributed by atoms with Gasteiger partial charge in [-0.25, -0.2) is 4.99 Å². The van der Waals surface area contributed by atoms with E-state index in [1.54, 1.807) is 0 Å². The fourth-order valence-corrected chi connectivity index (χ4v) is 1.34. The molecule has 1 rings (SSSR count). The Morgan fingerprint density at radius 1 is 1.50 bits per heavy atom. The van der Waals surface area contributed by atoms with Gasteiger partial charge in [-0.3, -0.25) is 0 Å². The number of nitrogens with two attached hydrogens (primary N) is 1. The number of likely N-dealkylation sites (tertiary alicyclic amines) is 1. The average Bonchev–Trinajstić information content (AvgIpc) is 2.51. The molecule has 1 aliphatic rings. The molecule has 0 radical (unpaired) electrons. The van der Waals surface area contributed by atoms with Gasteiger partial charge in [0, 0.05) is 17.6 Å². The molecule has 0 amide bonds. The summed E-state index contributed by atoms with van der Waals surface area (Å²) in [5.74, 6) is 0.646. The topological polar surface area (TPSA) is 41.6 Å². The van der Waals surface area contributed by atoms with E-state index in [9.17, 15) is 0 Å². The van der Waals surface area contributed by atoms with E-state index in [1.807, 2.05) is 0 Å². The van der Waals surface area contributed by atoms with Gasteiger partial charge < -0.3 is 10.6 Å². The third kappa shape index (κ3) is 2.85. The van der Waals surface area contributed by atoms with Crippen LogP contribution in [0.1, 0.15) is 12.8 Å². The summed E-state index contributed by atoms with van der Waals surface area (Å²) in [5, 5.41) is 0. The summed E-state index contributed by atoms with van der Waals surface area (Å²) in [6.07, 6.45) is 2.46. The molecule has 1 heterocycles. The van der Waals surface area contributed by atoms with Crippen molar-refractivity contribution in [2.24, 2.45) is 10.7 Å². The Bertz CT molecular complexity index is 194. The van der Waals surface area contributed by atoms with Gasteiger partial charge in [-0.15, -0.1) is 0 Å². The van der Waals surface area contributed by atoms with Gasteiger partial charge in [-0.05, 0) is 12.8 Å². The first kappa shape index (κ1) is 9.58. The molecule has 1 aliphatic heterocycles. The van der Waals surface area contributed by atoms with Gasteiger partial charge >= 0.3 is 0 Å². The van der Waals surface area contributed by atoms with E-state index >= 15 is 0 Å². The second kappa shape index (κ2) is 4.50. The molecule has 0 spiro atoms. The second-order valence-corrected chi connectivity index (χ2v) is 4.01. The number of rotatable bonds is 2. The van der Waals surface area contributed by atoms with Crippen LogP contribution in [0.5, 0.6) is 0 Å². The summed E-state index contributed by atoms with van der Waals surface area (Å²) in [4.78, 5) is 6.29. The van der Waals surface area contributed by atoms with Gasteiger partial charge in [-0.1, -0.05) is 22.5 Å². The van der Waals surface area contributed by atoms with Crippen LogP contribution in [0, 0.1) is 0 Å². The molecule has 3 nitrogen and oxygen atoms in total. The highest BCUT2D eigenvalue weighted by Gasteiger charge is 2.12. The summed E-state index contributed by atoms with van der Waals surface area (Å²) >= 11 is 3.24. The van der Waals surface area contributed by atoms with Gasteiger partial charge in [-0.2, -0.15) is 0 Å². The molecule has 0 aromatic carbocycles. The maximum absolute atomic E-state index is 5.74. The highest BCUT2D eigenvalue weighted by molar-refractivity contribution is 9.11. The number of nitrogens with zero attached hydrogens (tertiary/aromatic N) is 2. The van der Waals surface area contributed by atoms with Crippen LogP contribution in [0.3, 0.4) is 0 Å². The molecular formula is C8H14BrN3. The van der Waals surface area contributed by atoms with Crippen molar-refractivity contribution in [3.8, 4) is 0 Å². The Morgan fingerprint density at radius 3 is 2.58 bits per heavy atom. The average molecular weight is 232 g/mol. The van der Waals surface area contributed by atoms with Gasteiger partial charge in [0.2, 0.25) is 0 Å². The third-order valence-corrected chi connectivity index (χ3v) is 2.09. The summed E-state index contributed by atoms with van der Waals surface area (Å²) in [6, 6.07) is 0. The molecule has 1 saturated heterocycles. The Labute approximate surface area is 81.5 Å². The molecular weight excluding hydrogens is 218 g/mol. The fraction of sp³-hybridized carbons (Fsp3) is 0.625. The molecule has 0 unspecified atom stereocenters. The third-order valence-electron chi connectivity index (χ3n) is 1.84. The van der Waals surface area contributed by atoms with E-state index in [2.05, 4.69) is 32.4 Å². The number of guanidine groups is 1. The molecule has 0 aromatic heterocycles. The van der Waals surface area contributed by atoms with E-state index in [0.717, 1.165) is 17.6 Å². The van der Waals surface area contributed by atoms with Gasteiger partial charge in [0.15, 0.2) is 5.96 Å². The van der Waals surface area contributed by atoms with E-state index in [0.29, 0.717) is 12.5 Å². The van der Waals surface area contributed by atoms with Crippen LogP contribution in [0.2, 0.25) is 0 Å². The number of hydrogen-bond donors (Lipinski definition) is 1. The van der Waals surface area contributed by atoms with Gasteiger partial charge in [0.25, 0.3) is 0 Å². The zero-order valence-electron chi connectivity index (χ0n) is 7.09. The standard InChI is InChI=1S/C8H14BrN3/c1-7(9)6-11-8(10)12-4-2-3-5-12/h1-6H2,(H2,10,11). The molecule has 0 saturated carbocycles. The van der Waals surface area contributed by atoms with Crippen LogP contribution in [0.4, 0.5) is 0 Å².